The average Bonchev–Trinajstić information content (AvgIpc) is 2.48. The number of nitrogens with zero attached hydrogens (tertiary/aromatic N) is 3. The van der Waals surface area contributed by atoms with Crippen LogP contribution in [0.4, 0.5) is 0 Å². The second-order valence-corrected chi connectivity index (χ2v) is 3.23. The molecule has 2 aromatic heterocycles. The number of hydrogen-bond acceptors (Lipinski definition) is 3. The first-order chi connectivity index (χ1) is 6.20. The molecule has 13 heavy (non-hydrogen) atoms. The van der Waals surface area contributed by atoms with Crippen molar-refractivity contribution in [2.24, 2.45) is 5.73 Å². The molecule has 2 N–H and O–H groups in total. The molecule has 4 heteroatoms. The van der Waals surface area contributed by atoms with E-state index < -0.39 is 0 Å². The van der Waals surface area contributed by atoms with Gasteiger partial charge in [-0.15, -0.1) is 10.2 Å². The van der Waals surface area contributed by atoms with Crippen LogP contribution in [0.1, 0.15) is 24.4 Å². The van der Waals surface area contributed by atoms with Gasteiger partial charge in [-0.1, -0.05) is 6.07 Å². The molecule has 0 radical (unpaired) electrons. The van der Waals surface area contributed by atoms with Crippen LogP contribution in [0, 0.1) is 6.92 Å². The molecular formula is C9H12N4. The Labute approximate surface area is 76.4 Å². The van der Waals surface area contributed by atoms with Crippen LogP contribution < -0.4 is 5.73 Å². The molecular weight excluding hydrogens is 164 g/mol. The number of hydrogen-bond donors (Lipinski definition) is 1. The first-order valence-corrected chi connectivity index (χ1v) is 4.26. The monoisotopic (exact) mass is 176 g/mol. The molecule has 4 nitrogen and oxygen atoms in total. The molecule has 0 spiro atoms. The van der Waals surface area contributed by atoms with Gasteiger partial charge >= 0.3 is 0 Å². The van der Waals surface area contributed by atoms with Crippen LogP contribution in [0.15, 0.2) is 18.3 Å². The summed E-state index contributed by atoms with van der Waals surface area (Å²) < 4.78 is 1.93. The number of fused-ring (bicyclic) bond motifs is 1. The topological polar surface area (TPSA) is 56.2 Å². The van der Waals surface area contributed by atoms with E-state index in [2.05, 4.69) is 10.2 Å². The Morgan fingerprint density at radius 1 is 1.46 bits per heavy atom. The van der Waals surface area contributed by atoms with Gasteiger partial charge in [0.2, 0.25) is 0 Å². The summed E-state index contributed by atoms with van der Waals surface area (Å²) in [4.78, 5) is 0. The van der Waals surface area contributed by atoms with Gasteiger partial charge in [0, 0.05) is 6.20 Å². The first-order valence-electron chi connectivity index (χ1n) is 4.26. The highest BCUT2D eigenvalue weighted by atomic mass is 15.3. The van der Waals surface area contributed by atoms with Gasteiger partial charge in [-0.05, 0) is 25.5 Å². The Morgan fingerprint density at radius 2 is 2.23 bits per heavy atom. The van der Waals surface area contributed by atoms with Crippen LogP contribution >= 0.6 is 0 Å². The van der Waals surface area contributed by atoms with Crippen molar-refractivity contribution in [2.75, 3.05) is 0 Å². The van der Waals surface area contributed by atoms with Gasteiger partial charge in [0.1, 0.15) is 0 Å². The van der Waals surface area contributed by atoms with Crippen molar-refractivity contribution in [3.8, 4) is 0 Å². The minimum absolute atomic E-state index is 0.0863. The lowest BCUT2D eigenvalue weighted by molar-refractivity contribution is 0.726. The standard InChI is InChI=1S/C9H12N4/c1-6-4-3-5-13-8(6)11-12-9(13)7(2)10/h3-5,7H,10H2,1-2H3. The Bertz CT molecular complexity index is 430. The maximum Gasteiger partial charge on any atom is 0.163 e. The Morgan fingerprint density at radius 3 is 2.92 bits per heavy atom. The van der Waals surface area contributed by atoms with Crippen molar-refractivity contribution in [3.63, 3.8) is 0 Å². The lowest BCUT2D eigenvalue weighted by Crippen LogP contribution is -2.09. The summed E-state index contributed by atoms with van der Waals surface area (Å²) in [6.45, 7) is 3.91. The van der Waals surface area contributed by atoms with Gasteiger partial charge in [-0.3, -0.25) is 4.40 Å². The van der Waals surface area contributed by atoms with Crippen LogP contribution in [0.25, 0.3) is 5.65 Å². The van der Waals surface area contributed by atoms with Crippen LogP contribution in [0.3, 0.4) is 0 Å². The molecule has 2 rings (SSSR count). The SMILES string of the molecule is Cc1cccn2c(C(C)N)nnc12. The molecule has 0 fully saturated rings. The molecule has 2 aromatic rings. The maximum absolute atomic E-state index is 5.75. The van der Waals surface area contributed by atoms with Gasteiger partial charge in [0.15, 0.2) is 11.5 Å². The molecule has 1 atom stereocenters. The Kier molecular flexibility index (Phi) is 1.77. The van der Waals surface area contributed by atoms with Crippen LogP contribution in [-0.2, 0) is 0 Å². The van der Waals surface area contributed by atoms with Crippen molar-refractivity contribution < 1.29 is 0 Å². The largest absolute Gasteiger partial charge is 0.322 e. The second kappa shape index (κ2) is 2.81. The minimum atomic E-state index is -0.0863. The molecule has 0 aliphatic carbocycles. The first kappa shape index (κ1) is 8.19. The van der Waals surface area contributed by atoms with Crippen molar-refractivity contribution in [1.82, 2.24) is 14.6 Å². The van der Waals surface area contributed by atoms with E-state index in [-0.39, 0.29) is 6.04 Å². The summed E-state index contributed by atoms with van der Waals surface area (Å²) >= 11 is 0. The predicted octanol–water partition coefficient (Wildman–Crippen LogP) is 1.06. The highest BCUT2D eigenvalue weighted by Crippen LogP contribution is 2.12. The predicted molar refractivity (Wildman–Crippen MR) is 50.3 cm³/mol. The third-order valence-corrected chi connectivity index (χ3v) is 2.06. The summed E-state index contributed by atoms with van der Waals surface area (Å²) in [5, 5.41) is 8.12. The molecule has 68 valence electrons. The average molecular weight is 176 g/mol. The molecule has 2 heterocycles. The smallest absolute Gasteiger partial charge is 0.163 e. The van der Waals surface area contributed by atoms with E-state index in [1.807, 2.05) is 36.6 Å². The van der Waals surface area contributed by atoms with E-state index in [9.17, 15) is 0 Å². The maximum atomic E-state index is 5.75. The lowest BCUT2D eigenvalue weighted by atomic mass is 10.3. The van der Waals surface area contributed by atoms with Gasteiger partial charge in [0.25, 0.3) is 0 Å². The zero-order chi connectivity index (χ0) is 9.42. The van der Waals surface area contributed by atoms with Crippen molar-refractivity contribution in [3.05, 3.63) is 29.7 Å². The molecule has 0 saturated carbocycles. The molecule has 0 saturated heterocycles. The zero-order valence-electron chi connectivity index (χ0n) is 7.73. The summed E-state index contributed by atoms with van der Waals surface area (Å²) in [5.74, 6) is 0.804. The Balaban J connectivity index is 2.75. The minimum Gasteiger partial charge on any atom is -0.322 e. The van der Waals surface area contributed by atoms with Crippen molar-refractivity contribution in [1.29, 1.82) is 0 Å². The fraction of sp³-hybridized carbons (Fsp3) is 0.333. The van der Waals surface area contributed by atoms with Gasteiger partial charge in [0.05, 0.1) is 6.04 Å². The molecule has 0 aliphatic rings. The highest BCUT2D eigenvalue weighted by Gasteiger charge is 2.09. The van der Waals surface area contributed by atoms with Crippen LogP contribution in [-0.4, -0.2) is 14.6 Å². The number of pyridine rings is 1. The normalized spacial score (nSPS) is 13.5. The van der Waals surface area contributed by atoms with Gasteiger partial charge in [-0.2, -0.15) is 0 Å². The summed E-state index contributed by atoms with van der Waals surface area (Å²) in [6.07, 6.45) is 1.93. The quantitative estimate of drug-likeness (QED) is 0.706. The van der Waals surface area contributed by atoms with Crippen LogP contribution in [0.5, 0.6) is 0 Å². The summed E-state index contributed by atoms with van der Waals surface area (Å²) in [7, 11) is 0. The van der Waals surface area contributed by atoms with Crippen molar-refractivity contribution in [2.45, 2.75) is 19.9 Å². The van der Waals surface area contributed by atoms with E-state index in [1.54, 1.807) is 0 Å². The number of aryl methyl sites for hydroxylation is 1. The molecule has 1 unspecified atom stereocenters. The highest BCUT2D eigenvalue weighted by molar-refractivity contribution is 5.46. The van der Waals surface area contributed by atoms with E-state index >= 15 is 0 Å². The van der Waals surface area contributed by atoms with Crippen LogP contribution in [0.2, 0.25) is 0 Å². The van der Waals surface area contributed by atoms with E-state index in [0.717, 1.165) is 17.0 Å². The number of aromatic nitrogens is 3. The van der Waals surface area contributed by atoms with E-state index in [4.69, 9.17) is 5.73 Å². The van der Waals surface area contributed by atoms with Crippen molar-refractivity contribution >= 4 is 5.65 Å². The molecule has 0 aliphatic heterocycles. The van der Waals surface area contributed by atoms with Gasteiger partial charge < -0.3 is 5.73 Å². The third-order valence-electron chi connectivity index (χ3n) is 2.06. The number of rotatable bonds is 1. The third kappa shape index (κ3) is 1.19. The molecule has 0 bridgehead atoms. The molecule has 0 aromatic carbocycles. The second-order valence-electron chi connectivity index (χ2n) is 3.23. The fourth-order valence-corrected chi connectivity index (χ4v) is 1.38. The Hall–Kier alpha value is -1.42. The van der Waals surface area contributed by atoms with E-state index in [0.29, 0.717) is 0 Å². The lowest BCUT2D eigenvalue weighted by Gasteiger charge is -2.02. The summed E-state index contributed by atoms with van der Waals surface area (Å²) in [5.41, 5.74) is 7.75. The number of nitrogens with two attached hydrogens (primary N) is 1. The van der Waals surface area contributed by atoms with Gasteiger partial charge in [-0.25, -0.2) is 0 Å². The zero-order valence-corrected chi connectivity index (χ0v) is 7.73. The fourth-order valence-electron chi connectivity index (χ4n) is 1.38. The summed E-state index contributed by atoms with van der Waals surface area (Å²) in [6, 6.07) is 3.89. The van der Waals surface area contributed by atoms with E-state index in [1.165, 1.54) is 0 Å². The molecule has 0 amide bonds.